The van der Waals surface area contributed by atoms with Crippen LogP contribution < -0.4 is 31.4 Å². The Morgan fingerprint density at radius 3 is 1.27 bits per heavy atom. The molecule has 3 atom stereocenters. The lowest BCUT2D eigenvalue weighted by Crippen LogP contribution is -2.08. The van der Waals surface area contributed by atoms with Crippen molar-refractivity contribution >= 4 is 87.1 Å². The Hall–Kier alpha value is -7.71. The van der Waals surface area contributed by atoms with Crippen molar-refractivity contribution in [3.63, 3.8) is 0 Å². The molecule has 6 N–H and O–H groups in total. The van der Waals surface area contributed by atoms with Crippen LogP contribution in [-0.2, 0) is 0 Å². The zero-order valence-electron chi connectivity index (χ0n) is 42.5. The van der Waals surface area contributed by atoms with Gasteiger partial charge in [-0.05, 0) is 94.8 Å². The van der Waals surface area contributed by atoms with E-state index in [2.05, 4.69) is 30.4 Å². The number of anilines is 3. The lowest BCUT2D eigenvalue weighted by Gasteiger charge is -2.19. The van der Waals surface area contributed by atoms with Gasteiger partial charge in [0.15, 0.2) is 40.5 Å². The molecule has 0 saturated carbocycles. The predicted molar refractivity (Wildman–Crippen MR) is 304 cm³/mol. The SMILES string of the molecule is CC(Oc1cc(-c2ccc(-c3ccno3)cc2)cnc1N)c1c(Cl)ccc(F)c1Cl.CC(Oc1cc(-c2cnoc2)cnc1N)c1c(Cl)ccc(F)c1Cl.Cc1noc(C)c1-c1cnc(N)c(OC(C)c2c(Cl)ccc(F)c2Cl)c1. The van der Waals surface area contributed by atoms with Gasteiger partial charge in [0.05, 0.1) is 33.2 Å². The van der Waals surface area contributed by atoms with Gasteiger partial charge in [-0.25, -0.2) is 28.1 Å². The number of ether oxygens (including phenoxy) is 3. The molecule has 0 bridgehead atoms. The van der Waals surface area contributed by atoms with Crippen molar-refractivity contribution in [1.82, 2.24) is 30.4 Å². The summed E-state index contributed by atoms with van der Waals surface area (Å²) in [6.45, 7) is 8.75. The summed E-state index contributed by atoms with van der Waals surface area (Å²) in [7, 11) is 0. The van der Waals surface area contributed by atoms with Crippen LogP contribution in [0.5, 0.6) is 17.2 Å². The molecule has 412 valence electrons. The number of pyridine rings is 3. The van der Waals surface area contributed by atoms with Gasteiger partial charge in [0.2, 0.25) is 0 Å². The Balaban J connectivity index is 0.000000159. The van der Waals surface area contributed by atoms with Gasteiger partial charge < -0.3 is 45.0 Å². The summed E-state index contributed by atoms with van der Waals surface area (Å²) < 4.78 is 74.1. The zero-order valence-corrected chi connectivity index (χ0v) is 47.1. The first-order valence-corrected chi connectivity index (χ1v) is 26.0. The number of nitrogen functional groups attached to an aromatic ring is 3. The Bertz CT molecular complexity index is 3780. The van der Waals surface area contributed by atoms with Crippen LogP contribution >= 0.6 is 69.6 Å². The van der Waals surface area contributed by atoms with Crippen LogP contribution in [0, 0.1) is 31.3 Å². The van der Waals surface area contributed by atoms with E-state index < -0.39 is 35.8 Å². The lowest BCUT2D eigenvalue weighted by atomic mass is 10.0. The molecule has 15 nitrogen and oxygen atoms in total. The molecule has 24 heteroatoms. The number of benzene rings is 4. The Morgan fingerprint density at radius 2 is 0.887 bits per heavy atom. The fourth-order valence-electron chi connectivity index (χ4n) is 8.03. The van der Waals surface area contributed by atoms with E-state index in [0.29, 0.717) is 66.1 Å². The van der Waals surface area contributed by atoms with E-state index in [9.17, 15) is 13.2 Å². The van der Waals surface area contributed by atoms with Crippen molar-refractivity contribution in [3.05, 3.63) is 198 Å². The number of halogens is 9. The number of nitrogens with two attached hydrogens (primary N) is 3. The van der Waals surface area contributed by atoms with E-state index in [4.69, 9.17) is 115 Å². The second-order valence-corrected chi connectivity index (χ2v) is 19.8. The maximum Gasteiger partial charge on any atom is 0.166 e. The van der Waals surface area contributed by atoms with Crippen LogP contribution in [0.2, 0.25) is 30.1 Å². The number of hydrogen-bond acceptors (Lipinski definition) is 15. The minimum absolute atomic E-state index is 0.0827. The molecule has 0 saturated heterocycles. The van der Waals surface area contributed by atoms with E-state index >= 15 is 0 Å². The van der Waals surface area contributed by atoms with Crippen LogP contribution in [0.25, 0.3) is 44.7 Å². The summed E-state index contributed by atoms with van der Waals surface area (Å²) in [4.78, 5) is 12.5. The van der Waals surface area contributed by atoms with E-state index in [1.807, 2.05) is 31.2 Å². The van der Waals surface area contributed by atoms with E-state index in [1.165, 1.54) is 42.7 Å². The smallest absolute Gasteiger partial charge is 0.166 e. The third-order valence-corrected chi connectivity index (χ3v) is 14.2. The molecule has 0 fully saturated rings. The fraction of sp³-hybridized carbons (Fsp3) is 0.143. The van der Waals surface area contributed by atoms with Gasteiger partial charge in [0, 0.05) is 89.8 Å². The molecular weight excluding hydrogens is 1160 g/mol. The lowest BCUT2D eigenvalue weighted by molar-refractivity contribution is 0.227. The molecule has 10 aromatic rings. The van der Waals surface area contributed by atoms with Crippen molar-refractivity contribution in [2.24, 2.45) is 0 Å². The van der Waals surface area contributed by atoms with Gasteiger partial charge in [-0.3, -0.25) is 0 Å². The van der Waals surface area contributed by atoms with Crippen LogP contribution in [0.1, 0.15) is 67.2 Å². The summed E-state index contributed by atoms with van der Waals surface area (Å²) >= 11 is 36.6. The van der Waals surface area contributed by atoms with E-state index in [0.717, 1.165) is 39.1 Å². The average molecular weight is 1210 g/mol. The highest BCUT2D eigenvalue weighted by Crippen LogP contribution is 2.41. The number of nitrogens with zero attached hydrogens (tertiary/aromatic N) is 6. The maximum atomic E-state index is 13.9. The molecule has 3 unspecified atom stereocenters. The number of rotatable bonds is 13. The van der Waals surface area contributed by atoms with Gasteiger partial charge >= 0.3 is 0 Å². The van der Waals surface area contributed by atoms with Crippen molar-refractivity contribution in [2.45, 2.75) is 52.9 Å². The third kappa shape index (κ3) is 13.3. The molecule has 0 aliphatic carbocycles. The highest BCUT2D eigenvalue weighted by atomic mass is 35.5. The number of aryl methyl sites for hydroxylation is 2. The van der Waals surface area contributed by atoms with E-state index in [1.54, 1.807) is 82.9 Å². The zero-order chi connectivity index (χ0) is 57.5. The minimum Gasteiger partial charge on any atom is -0.482 e. The Labute approximate surface area is 485 Å². The van der Waals surface area contributed by atoms with Gasteiger partial charge in [0.25, 0.3) is 0 Å². The molecule has 0 radical (unpaired) electrons. The summed E-state index contributed by atoms with van der Waals surface area (Å²) in [5, 5.41) is 11.9. The highest BCUT2D eigenvalue weighted by Gasteiger charge is 2.24. The van der Waals surface area contributed by atoms with Gasteiger partial charge in [-0.1, -0.05) is 109 Å². The summed E-state index contributed by atoms with van der Waals surface area (Å²) in [5.41, 5.74) is 25.2. The molecule has 0 aliphatic rings. The first-order chi connectivity index (χ1) is 38.2. The quantitative estimate of drug-likeness (QED) is 0.0913. The standard InChI is InChI=1S/C22H16Cl2FN3O2.C18H16Cl2FN3O2.C16H12Cl2FN3O2/c1-12(20-16(23)6-7-17(25)21(20)24)29-19-10-15(11-27-22(19)26)13-2-4-14(5-3-13)18-8-9-28-30-18;1-8-15(10(3)26-24-8)11-6-14(18(22)23-7-11)25-9(2)16-12(19)4-5-13(21)17(16)20;1-8(14-11(17)2-3-12(19)15(14)18)24-13-4-9(5-21-16(13)20)10-6-22-23-7-10/h2-12H,1H3,(H2,26,27);4-7,9H,1-3H3,(H2,22,23);2-8H,1H3,(H2,20,21). The molecule has 4 aromatic carbocycles. The Morgan fingerprint density at radius 1 is 0.475 bits per heavy atom. The number of aromatic nitrogens is 6. The van der Waals surface area contributed by atoms with Crippen LogP contribution in [-0.4, -0.2) is 30.4 Å². The molecule has 0 amide bonds. The normalized spacial score (nSPS) is 12.1. The number of hydrogen-bond donors (Lipinski definition) is 3. The van der Waals surface area contributed by atoms with Crippen molar-refractivity contribution in [3.8, 4) is 62.0 Å². The third-order valence-electron chi connectivity index (χ3n) is 12.0. The second kappa shape index (κ2) is 25.6. The van der Waals surface area contributed by atoms with Gasteiger partial charge in [0.1, 0.15) is 47.8 Å². The van der Waals surface area contributed by atoms with Crippen molar-refractivity contribution < 1.29 is 41.0 Å². The largest absolute Gasteiger partial charge is 0.482 e. The summed E-state index contributed by atoms with van der Waals surface area (Å²) in [5.74, 6) is 1.18. The first kappa shape index (κ1) is 58.4. The molecular formula is C56H44Cl6F3N9O6. The molecule has 10 rings (SSSR count). The first-order valence-electron chi connectivity index (χ1n) is 23.7. The molecule has 80 heavy (non-hydrogen) atoms. The van der Waals surface area contributed by atoms with Crippen LogP contribution in [0.3, 0.4) is 0 Å². The van der Waals surface area contributed by atoms with Gasteiger partial charge in [-0.2, -0.15) is 0 Å². The van der Waals surface area contributed by atoms with Crippen molar-refractivity contribution in [2.75, 3.05) is 17.2 Å². The minimum atomic E-state index is -0.645. The predicted octanol–water partition coefficient (Wildman–Crippen LogP) is 17.0. The molecule has 6 aromatic heterocycles. The topological polar surface area (TPSA) is 223 Å². The monoisotopic (exact) mass is 1210 g/mol. The Kier molecular flexibility index (Phi) is 18.7. The van der Waals surface area contributed by atoms with Crippen LogP contribution in [0.15, 0.2) is 136 Å². The average Bonchev–Trinajstić information content (AvgIpc) is 4.25. The van der Waals surface area contributed by atoms with Gasteiger partial charge in [-0.15, -0.1) is 0 Å². The summed E-state index contributed by atoms with van der Waals surface area (Å²) in [6, 6.07) is 22.6. The molecule has 6 heterocycles. The van der Waals surface area contributed by atoms with E-state index in [-0.39, 0.29) is 32.5 Å². The fourth-order valence-corrected chi connectivity index (χ4v) is 10.1. The summed E-state index contributed by atoms with van der Waals surface area (Å²) in [6.07, 6.45) is 7.52. The molecule has 0 aliphatic heterocycles. The van der Waals surface area contributed by atoms with Crippen molar-refractivity contribution in [1.29, 1.82) is 0 Å². The van der Waals surface area contributed by atoms with Crippen LogP contribution in [0.4, 0.5) is 30.6 Å². The highest BCUT2D eigenvalue weighted by molar-refractivity contribution is 6.37. The maximum absolute atomic E-state index is 13.9. The molecule has 0 spiro atoms. The second-order valence-electron chi connectivity index (χ2n) is 17.4.